The molecule has 0 aliphatic carbocycles. The fraction of sp³-hybridized carbons (Fsp3) is 0.300. The lowest BCUT2D eigenvalue weighted by atomic mass is 10.3. The Balaban J connectivity index is 2.25. The number of aliphatic carboxylic acids is 1. The van der Waals surface area contributed by atoms with Crippen molar-refractivity contribution in [3.05, 3.63) is 28.5 Å². The zero-order valence-corrected chi connectivity index (χ0v) is 10.4. The smallest absolute Gasteiger partial charge is 0.329 e. The molecule has 0 radical (unpaired) electrons. The van der Waals surface area contributed by atoms with Crippen molar-refractivity contribution in [2.75, 3.05) is 19.8 Å². The molecule has 0 fully saturated rings. The Morgan fingerprint density at radius 3 is 2.82 bits per heavy atom. The molecule has 0 atom stereocenters. The van der Waals surface area contributed by atoms with E-state index in [4.69, 9.17) is 9.84 Å². The third-order valence-corrected chi connectivity index (χ3v) is 2.22. The van der Waals surface area contributed by atoms with Crippen LogP contribution in [-0.2, 0) is 9.53 Å². The summed E-state index contributed by atoms with van der Waals surface area (Å²) in [6.45, 7) is 0.0416. The summed E-state index contributed by atoms with van der Waals surface area (Å²) in [6, 6.07) is 3.29. The van der Waals surface area contributed by atoms with Crippen LogP contribution in [0.3, 0.4) is 0 Å². The molecule has 1 aromatic rings. The Kier molecular flexibility index (Phi) is 5.58. The van der Waals surface area contributed by atoms with Crippen LogP contribution in [0.1, 0.15) is 10.4 Å². The molecule has 0 aliphatic rings. The van der Waals surface area contributed by atoms with Gasteiger partial charge in [-0.2, -0.15) is 0 Å². The van der Waals surface area contributed by atoms with Crippen molar-refractivity contribution < 1.29 is 19.4 Å². The quantitative estimate of drug-likeness (QED) is 0.596. The number of carbonyl (C=O) groups is 2. The highest BCUT2D eigenvalue weighted by molar-refractivity contribution is 9.10. The molecule has 0 bridgehead atoms. The minimum absolute atomic E-state index is 0.155. The first-order chi connectivity index (χ1) is 8.09. The number of amides is 1. The molecular weight excluding hydrogens is 292 g/mol. The van der Waals surface area contributed by atoms with Crippen LogP contribution in [0.25, 0.3) is 0 Å². The Morgan fingerprint density at radius 1 is 1.47 bits per heavy atom. The zero-order valence-electron chi connectivity index (χ0n) is 8.85. The molecule has 17 heavy (non-hydrogen) atoms. The number of carboxylic acid groups (broad SMARTS) is 1. The summed E-state index contributed by atoms with van der Waals surface area (Å²) in [5.74, 6) is -1.31. The van der Waals surface area contributed by atoms with E-state index in [-0.39, 0.29) is 25.7 Å². The molecule has 0 unspecified atom stereocenters. The minimum atomic E-state index is -1.03. The first kappa shape index (κ1) is 13.6. The van der Waals surface area contributed by atoms with E-state index in [0.29, 0.717) is 10.2 Å². The number of halogens is 1. The Morgan fingerprint density at radius 2 is 2.24 bits per heavy atom. The number of hydrogen-bond acceptors (Lipinski definition) is 4. The molecular formula is C10H11BrN2O4. The van der Waals surface area contributed by atoms with Gasteiger partial charge in [0.05, 0.1) is 12.2 Å². The minimum Gasteiger partial charge on any atom is -0.480 e. The number of carboxylic acids is 1. The van der Waals surface area contributed by atoms with Gasteiger partial charge in [0.2, 0.25) is 0 Å². The van der Waals surface area contributed by atoms with Crippen LogP contribution >= 0.6 is 15.9 Å². The van der Waals surface area contributed by atoms with Gasteiger partial charge in [-0.25, -0.2) is 9.78 Å². The highest BCUT2D eigenvalue weighted by atomic mass is 79.9. The van der Waals surface area contributed by atoms with E-state index in [0.717, 1.165) is 0 Å². The van der Waals surface area contributed by atoms with Gasteiger partial charge in [0, 0.05) is 12.7 Å². The van der Waals surface area contributed by atoms with E-state index in [2.05, 4.69) is 26.2 Å². The Labute approximate surface area is 106 Å². The summed E-state index contributed by atoms with van der Waals surface area (Å²) in [5.41, 5.74) is 0.437. The highest BCUT2D eigenvalue weighted by Gasteiger charge is 2.04. The van der Waals surface area contributed by atoms with Gasteiger partial charge in [0.1, 0.15) is 11.2 Å². The second-order valence-corrected chi connectivity index (χ2v) is 3.88. The molecule has 92 valence electrons. The van der Waals surface area contributed by atoms with Crippen LogP contribution in [0.5, 0.6) is 0 Å². The van der Waals surface area contributed by atoms with Crippen molar-refractivity contribution >= 4 is 27.8 Å². The number of rotatable bonds is 6. The van der Waals surface area contributed by atoms with E-state index in [9.17, 15) is 9.59 Å². The average molecular weight is 303 g/mol. The summed E-state index contributed by atoms with van der Waals surface area (Å²) in [5, 5.41) is 10.9. The molecule has 1 amide bonds. The maximum atomic E-state index is 11.5. The third-order valence-electron chi connectivity index (χ3n) is 1.75. The first-order valence-corrected chi connectivity index (χ1v) is 5.58. The van der Waals surface area contributed by atoms with E-state index in [1.807, 2.05) is 0 Å². The predicted molar refractivity (Wildman–Crippen MR) is 62.7 cm³/mol. The van der Waals surface area contributed by atoms with Gasteiger partial charge in [0.25, 0.3) is 5.91 Å². The van der Waals surface area contributed by atoms with Gasteiger partial charge < -0.3 is 15.2 Å². The number of hydrogen-bond donors (Lipinski definition) is 2. The van der Waals surface area contributed by atoms with Gasteiger partial charge in [-0.05, 0) is 28.1 Å². The first-order valence-electron chi connectivity index (χ1n) is 4.79. The summed E-state index contributed by atoms with van der Waals surface area (Å²) >= 11 is 3.16. The van der Waals surface area contributed by atoms with E-state index in [1.54, 1.807) is 12.1 Å². The molecule has 1 heterocycles. The van der Waals surface area contributed by atoms with Gasteiger partial charge >= 0.3 is 5.97 Å². The number of aromatic nitrogens is 1. The summed E-state index contributed by atoms with van der Waals surface area (Å²) < 4.78 is 5.41. The monoisotopic (exact) mass is 302 g/mol. The lowest BCUT2D eigenvalue weighted by molar-refractivity contribution is -0.142. The van der Waals surface area contributed by atoms with Crippen molar-refractivity contribution in [1.29, 1.82) is 0 Å². The Hall–Kier alpha value is -1.47. The zero-order chi connectivity index (χ0) is 12.7. The van der Waals surface area contributed by atoms with Crippen LogP contribution in [-0.4, -0.2) is 41.7 Å². The summed E-state index contributed by atoms with van der Waals surface area (Å²) in [4.78, 5) is 25.6. The number of carbonyl (C=O) groups excluding carboxylic acids is 1. The van der Waals surface area contributed by atoms with Crippen molar-refractivity contribution in [1.82, 2.24) is 10.3 Å². The van der Waals surface area contributed by atoms with E-state index in [1.165, 1.54) is 6.20 Å². The van der Waals surface area contributed by atoms with Crippen molar-refractivity contribution in [2.24, 2.45) is 0 Å². The molecule has 6 nitrogen and oxygen atoms in total. The predicted octanol–water partition coefficient (Wildman–Crippen LogP) is 0.675. The van der Waals surface area contributed by atoms with Crippen LogP contribution in [0.4, 0.5) is 0 Å². The summed E-state index contributed by atoms with van der Waals surface area (Å²) in [7, 11) is 0. The number of nitrogens with one attached hydrogen (secondary N) is 1. The largest absolute Gasteiger partial charge is 0.480 e. The molecule has 0 saturated heterocycles. The second-order valence-electron chi connectivity index (χ2n) is 3.07. The fourth-order valence-corrected chi connectivity index (χ4v) is 1.24. The highest BCUT2D eigenvalue weighted by Crippen LogP contribution is 2.05. The van der Waals surface area contributed by atoms with E-state index >= 15 is 0 Å². The molecule has 0 aromatic carbocycles. The summed E-state index contributed by atoms with van der Waals surface area (Å²) in [6.07, 6.45) is 1.44. The van der Waals surface area contributed by atoms with Crippen LogP contribution < -0.4 is 5.32 Å². The lowest BCUT2D eigenvalue weighted by Gasteiger charge is -2.04. The molecule has 2 N–H and O–H groups in total. The standard InChI is InChI=1S/C10H11BrN2O4/c11-8-2-1-7(5-13-8)10(16)12-3-4-17-6-9(14)15/h1-2,5H,3-4,6H2,(H,12,16)(H,14,15). The van der Waals surface area contributed by atoms with Crippen molar-refractivity contribution in [2.45, 2.75) is 0 Å². The number of pyridine rings is 1. The van der Waals surface area contributed by atoms with Gasteiger partial charge in [-0.1, -0.05) is 0 Å². The molecule has 1 rings (SSSR count). The maximum Gasteiger partial charge on any atom is 0.329 e. The van der Waals surface area contributed by atoms with Crippen molar-refractivity contribution in [3.63, 3.8) is 0 Å². The van der Waals surface area contributed by atoms with Crippen LogP contribution in [0.15, 0.2) is 22.9 Å². The lowest BCUT2D eigenvalue weighted by Crippen LogP contribution is -2.28. The molecule has 0 spiro atoms. The van der Waals surface area contributed by atoms with Gasteiger partial charge in [0.15, 0.2) is 0 Å². The number of nitrogens with zero attached hydrogens (tertiary/aromatic N) is 1. The molecule has 1 aromatic heterocycles. The van der Waals surface area contributed by atoms with Gasteiger partial charge in [-0.3, -0.25) is 4.79 Å². The normalized spacial score (nSPS) is 9.94. The SMILES string of the molecule is O=C(O)COCCNC(=O)c1ccc(Br)nc1. The van der Waals surface area contributed by atoms with Crippen LogP contribution in [0, 0.1) is 0 Å². The Bertz CT molecular complexity index is 394. The molecule has 0 aliphatic heterocycles. The fourth-order valence-electron chi connectivity index (χ4n) is 1.01. The third kappa shape index (κ3) is 5.41. The number of ether oxygens (including phenoxy) is 1. The second kappa shape index (κ2) is 6.97. The maximum absolute atomic E-state index is 11.5. The van der Waals surface area contributed by atoms with Crippen molar-refractivity contribution in [3.8, 4) is 0 Å². The van der Waals surface area contributed by atoms with Crippen LogP contribution in [0.2, 0.25) is 0 Å². The van der Waals surface area contributed by atoms with Gasteiger partial charge in [-0.15, -0.1) is 0 Å². The molecule has 0 saturated carbocycles. The van der Waals surface area contributed by atoms with E-state index < -0.39 is 5.97 Å². The molecule has 7 heteroatoms. The average Bonchev–Trinajstić information content (AvgIpc) is 2.29. The topological polar surface area (TPSA) is 88.5 Å².